The highest BCUT2D eigenvalue weighted by molar-refractivity contribution is 7.11. The van der Waals surface area contributed by atoms with E-state index in [4.69, 9.17) is 9.47 Å². The number of aliphatic hydroxyl groups excluding tert-OH is 2. The van der Waals surface area contributed by atoms with Crippen LogP contribution >= 0.6 is 11.3 Å². The van der Waals surface area contributed by atoms with Crippen molar-refractivity contribution in [1.82, 2.24) is 0 Å². The average Bonchev–Trinajstić information content (AvgIpc) is 3.17. The number of hydrogen-bond donors (Lipinski definition) is 3. The Balaban J connectivity index is 1.93. The molecule has 1 aliphatic heterocycles. The normalized spacial score (nSPS) is 36.8. The molecular weight excluding hydrogens is 352 g/mol. The van der Waals surface area contributed by atoms with E-state index in [1.807, 2.05) is 0 Å². The molecule has 3 N–H and O–H groups in total. The first kappa shape index (κ1) is 17.9. The fraction of sp³-hybridized carbons (Fsp3) is 0.500. The van der Waals surface area contributed by atoms with E-state index in [2.05, 4.69) is 4.74 Å². The van der Waals surface area contributed by atoms with Gasteiger partial charge in [0, 0.05) is 5.92 Å². The molecule has 9 heteroatoms. The Morgan fingerprint density at radius 3 is 2.64 bits per heavy atom. The number of fused-ring (bicyclic) bond motifs is 1. The SMILES string of the molecule is COC(=O)C1=COC(O)[C@H]2[C@@H]1[C@H](O)[C@H](OC(=O)c1cccs1)[C@]2(C)O. The molecule has 1 unspecified atom stereocenters. The second-order valence-corrected chi connectivity index (χ2v) is 7.11. The molecule has 8 nitrogen and oxygen atoms in total. The fourth-order valence-electron chi connectivity index (χ4n) is 3.51. The van der Waals surface area contributed by atoms with Crippen molar-refractivity contribution in [3.63, 3.8) is 0 Å². The maximum Gasteiger partial charge on any atom is 0.348 e. The molecule has 1 aromatic rings. The van der Waals surface area contributed by atoms with Crippen LogP contribution in [0.3, 0.4) is 0 Å². The Bertz CT molecular complexity index is 695. The quantitative estimate of drug-likeness (QED) is 0.638. The van der Waals surface area contributed by atoms with Crippen LogP contribution in [0.15, 0.2) is 29.3 Å². The van der Waals surface area contributed by atoms with E-state index in [9.17, 15) is 24.9 Å². The zero-order chi connectivity index (χ0) is 18.4. The minimum atomic E-state index is -1.83. The molecular formula is C16H18O8S. The van der Waals surface area contributed by atoms with Gasteiger partial charge < -0.3 is 29.5 Å². The molecule has 136 valence electrons. The van der Waals surface area contributed by atoms with E-state index in [0.29, 0.717) is 4.88 Å². The van der Waals surface area contributed by atoms with Crippen LogP contribution in [-0.4, -0.2) is 58.5 Å². The van der Waals surface area contributed by atoms with E-state index in [0.717, 1.165) is 24.7 Å². The molecule has 2 aliphatic rings. The largest absolute Gasteiger partial charge is 0.472 e. The number of esters is 2. The molecule has 3 rings (SSSR count). The maximum absolute atomic E-state index is 12.2. The van der Waals surface area contributed by atoms with Gasteiger partial charge in [-0.05, 0) is 18.4 Å². The first-order valence-corrected chi connectivity index (χ1v) is 8.43. The Morgan fingerprint density at radius 1 is 1.32 bits per heavy atom. The smallest absolute Gasteiger partial charge is 0.348 e. The zero-order valence-corrected chi connectivity index (χ0v) is 14.3. The summed E-state index contributed by atoms with van der Waals surface area (Å²) in [5.41, 5.74) is -1.87. The predicted octanol–water partition coefficient (Wildman–Crippen LogP) is 0.0369. The highest BCUT2D eigenvalue weighted by Gasteiger charge is 2.65. The van der Waals surface area contributed by atoms with Crippen LogP contribution in [0.1, 0.15) is 16.6 Å². The topological polar surface area (TPSA) is 123 Å². The van der Waals surface area contributed by atoms with E-state index in [-0.39, 0.29) is 5.57 Å². The number of rotatable bonds is 3. The molecule has 0 spiro atoms. The summed E-state index contributed by atoms with van der Waals surface area (Å²) in [4.78, 5) is 24.5. The number of methoxy groups -OCH3 is 1. The van der Waals surface area contributed by atoms with Crippen molar-refractivity contribution in [2.75, 3.05) is 7.11 Å². The van der Waals surface area contributed by atoms with Gasteiger partial charge in [0.1, 0.15) is 16.6 Å². The average molecular weight is 370 g/mol. The minimum absolute atomic E-state index is 0.0414. The molecule has 0 amide bonds. The lowest BCUT2D eigenvalue weighted by molar-refractivity contribution is -0.179. The molecule has 0 radical (unpaired) electrons. The third-order valence-electron chi connectivity index (χ3n) is 4.69. The van der Waals surface area contributed by atoms with Gasteiger partial charge in [-0.15, -0.1) is 11.3 Å². The zero-order valence-electron chi connectivity index (χ0n) is 13.5. The van der Waals surface area contributed by atoms with Crippen LogP contribution in [-0.2, 0) is 19.0 Å². The first-order chi connectivity index (χ1) is 11.8. The van der Waals surface area contributed by atoms with Gasteiger partial charge in [0.2, 0.25) is 6.29 Å². The Morgan fingerprint density at radius 2 is 2.04 bits per heavy atom. The van der Waals surface area contributed by atoms with Crippen LogP contribution in [0.2, 0.25) is 0 Å². The van der Waals surface area contributed by atoms with E-state index >= 15 is 0 Å². The molecule has 0 bridgehead atoms. The summed E-state index contributed by atoms with van der Waals surface area (Å²) < 4.78 is 15.0. The van der Waals surface area contributed by atoms with Gasteiger partial charge in [-0.3, -0.25) is 0 Å². The van der Waals surface area contributed by atoms with E-state index in [1.165, 1.54) is 6.92 Å². The predicted molar refractivity (Wildman–Crippen MR) is 84.3 cm³/mol. The van der Waals surface area contributed by atoms with Crippen molar-refractivity contribution < 1.29 is 39.1 Å². The van der Waals surface area contributed by atoms with Gasteiger partial charge in [-0.2, -0.15) is 0 Å². The van der Waals surface area contributed by atoms with Crippen molar-refractivity contribution in [3.05, 3.63) is 34.2 Å². The van der Waals surface area contributed by atoms with Gasteiger partial charge in [0.25, 0.3) is 0 Å². The second kappa shape index (κ2) is 6.41. The van der Waals surface area contributed by atoms with Gasteiger partial charge in [-0.25, -0.2) is 9.59 Å². The summed E-state index contributed by atoms with van der Waals surface area (Å²) >= 11 is 1.15. The van der Waals surface area contributed by atoms with Crippen molar-refractivity contribution in [2.24, 2.45) is 11.8 Å². The van der Waals surface area contributed by atoms with Crippen molar-refractivity contribution in [2.45, 2.75) is 31.0 Å². The van der Waals surface area contributed by atoms with Crippen LogP contribution in [0.5, 0.6) is 0 Å². The maximum atomic E-state index is 12.2. The van der Waals surface area contributed by atoms with Gasteiger partial charge >= 0.3 is 11.9 Å². The highest BCUT2D eigenvalue weighted by atomic mass is 32.1. The van der Waals surface area contributed by atoms with Gasteiger partial charge in [0.15, 0.2) is 6.10 Å². The van der Waals surface area contributed by atoms with E-state index < -0.39 is 47.9 Å². The molecule has 1 fully saturated rings. The Labute approximate surface area is 147 Å². The molecule has 0 aromatic carbocycles. The number of aliphatic hydroxyl groups is 3. The van der Waals surface area contributed by atoms with Crippen LogP contribution in [0, 0.1) is 11.8 Å². The van der Waals surface area contributed by atoms with Crippen LogP contribution < -0.4 is 0 Å². The second-order valence-electron chi connectivity index (χ2n) is 6.16. The molecule has 2 heterocycles. The molecule has 25 heavy (non-hydrogen) atoms. The summed E-state index contributed by atoms with van der Waals surface area (Å²) in [5.74, 6) is -3.56. The molecule has 6 atom stereocenters. The lowest BCUT2D eigenvalue weighted by atomic mass is 9.81. The highest BCUT2D eigenvalue weighted by Crippen LogP contribution is 2.49. The first-order valence-electron chi connectivity index (χ1n) is 7.56. The lowest BCUT2D eigenvalue weighted by Gasteiger charge is -2.36. The standard InChI is InChI=1S/C16H18O8S/c1-16(21)10-9(7(13(18)22-2)6-23-15(10)20)11(17)12(16)24-14(19)8-4-3-5-25-8/h3-6,9-12,15,17,20-21H,1-2H3/t9-,10-,11+,12+,15?,16-/m1/s1. The molecule has 1 saturated carbocycles. The molecule has 1 aliphatic carbocycles. The summed E-state index contributed by atoms with van der Waals surface area (Å²) in [6, 6.07) is 3.22. The number of carbonyl (C=O) groups excluding carboxylic acids is 2. The number of ether oxygens (including phenoxy) is 3. The van der Waals surface area contributed by atoms with Crippen LogP contribution in [0.4, 0.5) is 0 Å². The minimum Gasteiger partial charge on any atom is -0.472 e. The van der Waals surface area contributed by atoms with Gasteiger partial charge in [-0.1, -0.05) is 6.07 Å². The summed E-state index contributed by atoms with van der Waals surface area (Å²) in [5, 5.41) is 33.3. The van der Waals surface area contributed by atoms with Crippen molar-refractivity contribution in [3.8, 4) is 0 Å². The monoisotopic (exact) mass is 370 g/mol. The summed E-state index contributed by atoms with van der Waals surface area (Å²) in [6.07, 6.45) is -3.26. The third kappa shape index (κ3) is 2.82. The number of thiophene rings is 1. The van der Waals surface area contributed by atoms with Crippen LogP contribution in [0.25, 0.3) is 0 Å². The Hall–Kier alpha value is -1.94. The third-order valence-corrected chi connectivity index (χ3v) is 5.54. The van der Waals surface area contributed by atoms with Crippen molar-refractivity contribution >= 4 is 23.3 Å². The van der Waals surface area contributed by atoms with E-state index in [1.54, 1.807) is 17.5 Å². The lowest BCUT2D eigenvalue weighted by Crippen LogP contribution is -2.49. The summed E-state index contributed by atoms with van der Waals surface area (Å²) in [6.45, 7) is 1.32. The number of hydrogen-bond acceptors (Lipinski definition) is 9. The fourth-order valence-corrected chi connectivity index (χ4v) is 4.11. The molecule has 1 aromatic heterocycles. The van der Waals surface area contributed by atoms with Gasteiger partial charge in [0.05, 0.1) is 24.9 Å². The number of carbonyl (C=O) groups is 2. The Kier molecular flexibility index (Phi) is 4.58. The molecule has 0 saturated heterocycles. The van der Waals surface area contributed by atoms with Crippen molar-refractivity contribution in [1.29, 1.82) is 0 Å². The summed E-state index contributed by atoms with van der Waals surface area (Å²) in [7, 11) is 1.16.